The van der Waals surface area contributed by atoms with Crippen LogP contribution < -0.4 is 5.32 Å². The third-order valence-corrected chi connectivity index (χ3v) is 4.99. The zero-order valence-corrected chi connectivity index (χ0v) is 10.7. The summed E-state index contributed by atoms with van der Waals surface area (Å²) in [5, 5.41) is 3.33. The minimum atomic E-state index is -3.03. The van der Waals surface area contributed by atoms with Gasteiger partial charge >= 0.3 is 0 Å². The third kappa shape index (κ3) is 3.43. The van der Waals surface area contributed by atoms with Gasteiger partial charge < -0.3 is 5.32 Å². The Morgan fingerprint density at radius 1 is 1.53 bits per heavy atom. The van der Waals surface area contributed by atoms with Crippen LogP contribution in [-0.2, 0) is 10.0 Å². The van der Waals surface area contributed by atoms with Crippen molar-refractivity contribution < 1.29 is 8.42 Å². The Morgan fingerprint density at radius 3 is 2.80 bits per heavy atom. The smallest absolute Gasteiger partial charge is 0.214 e. The first-order chi connectivity index (χ1) is 6.97. The van der Waals surface area contributed by atoms with Crippen LogP contribution in [0, 0.1) is 0 Å². The van der Waals surface area contributed by atoms with Crippen LogP contribution in [0.15, 0.2) is 0 Å². The van der Waals surface area contributed by atoms with Crippen LogP contribution in [0.2, 0.25) is 0 Å². The highest BCUT2D eigenvalue weighted by Crippen LogP contribution is 2.14. The zero-order chi connectivity index (χ0) is 11.5. The molecule has 1 N–H and O–H groups in total. The summed E-state index contributed by atoms with van der Waals surface area (Å²) in [6, 6.07) is 0.353. The van der Waals surface area contributed by atoms with E-state index in [0.717, 1.165) is 13.0 Å². The third-order valence-electron chi connectivity index (χ3n) is 2.97. The number of hydrogen-bond acceptors (Lipinski definition) is 3. The molecule has 5 heteroatoms. The van der Waals surface area contributed by atoms with Gasteiger partial charge in [-0.1, -0.05) is 6.92 Å². The molecule has 0 aromatic heterocycles. The first-order valence-corrected chi connectivity index (χ1v) is 7.31. The van der Waals surface area contributed by atoms with Crippen molar-refractivity contribution in [3.05, 3.63) is 0 Å². The van der Waals surface area contributed by atoms with Crippen molar-refractivity contribution >= 4 is 10.0 Å². The number of nitrogens with zero attached hydrogens (tertiary/aromatic N) is 1. The van der Waals surface area contributed by atoms with Crippen molar-refractivity contribution in [2.24, 2.45) is 0 Å². The van der Waals surface area contributed by atoms with Crippen LogP contribution in [0.4, 0.5) is 0 Å². The number of hydrogen-bond donors (Lipinski definition) is 1. The molecule has 2 atom stereocenters. The minimum absolute atomic E-state index is 0.109. The quantitative estimate of drug-likeness (QED) is 0.769. The molecule has 1 aliphatic rings. The monoisotopic (exact) mass is 234 g/mol. The maximum atomic E-state index is 12.0. The number of rotatable bonds is 2. The summed E-state index contributed by atoms with van der Waals surface area (Å²) in [6.45, 7) is 7.44. The normalized spacial score (nSPS) is 30.5. The first-order valence-electron chi connectivity index (χ1n) is 5.70. The van der Waals surface area contributed by atoms with E-state index in [4.69, 9.17) is 0 Å². The Kier molecular flexibility index (Phi) is 4.55. The van der Waals surface area contributed by atoms with Crippen LogP contribution in [0.3, 0.4) is 0 Å². The van der Waals surface area contributed by atoms with Crippen molar-refractivity contribution in [1.29, 1.82) is 0 Å². The molecule has 0 aliphatic carbocycles. The summed E-state index contributed by atoms with van der Waals surface area (Å²) >= 11 is 0. The maximum Gasteiger partial charge on any atom is 0.214 e. The Bertz CT molecular complexity index is 290. The van der Waals surface area contributed by atoms with Gasteiger partial charge in [0.25, 0.3) is 0 Å². The number of nitrogens with one attached hydrogen (secondary N) is 1. The van der Waals surface area contributed by atoms with Gasteiger partial charge in [-0.3, -0.25) is 0 Å². The second-order valence-corrected chi connectivity index (χ2v) is 6.39. The SMILES string of the molecule is CCC(C)N1CC(C)NCCCS1(=O)=O. The van der Waals surface area contributed by atoms with Gasteiger partial charge in [-0.2, -0.15) is 4.31 Å². The second kappa shape index (κ2) is 5.27. The molecule has 0 aromatic carbocycles. The molecule has 0 saturated carbocycles. The lowest BCUT2D eigenvalue weighted by atomic mass is 10.2. The van der Waals surface area contributed by atoms with E-state index < -0.39 is 10.0 Å². The lowest BCUT2D eigenvalue weighted by molar-refractivity contribution is 0.292. The molecule has 0 aromatic rings. The fraction of sp³-hybridized carbons (Fsp3) is 1.00. The molecule has 1 heterocycles. The average Bonchev–Trinajstić information content (AvgIpc) is 2.18. The largest absolute Gasteiger partial charge is 0.313 e. The van der Waals surface area contributed by atoms with E-state index in [9.17, 15) is 8.42 Å². The van der Waals surface area contributed by atoms with Gasteiger partial charge in [0.1, 0.15) is 0 Å². The van der Waals surface area contributed by atoms with E-state index in [2.05, 4.69) is 5.32 Å². The summed E-state index contributed by atoms with van der Waals surface area (Å²) in [5.41, 5.74) is 0. The Balaban J connectivity index is 2.83. The Labute approximate surface area is 93.1 Å². The van der Waals surface area contributed by atoms with Crippen LogP contribution in [-0.4, -0.2) is 43.6 Å². The molecular formula is C10H22N2O2S. The van der Waals surface area contributed by atoms with Crippen molar-refractivity contribution in [2.75, 3.05) is 18.8 Å². The van der Waals surface area contributed by atoms with Gasteiger partial charge in [0.2, 0.25) is 10.0 Å². The van der Waals surface area contributed by atoms with Gasteiger partial charge in [0.05, 0.1) is 5.75 Å². The van der Waals surface area contributed by atoms with Crippen LogP contribution >= 0.6 is 0 Å². The Morgan fingerprint density at radius 2 is 2.20 bits per heavy atom. The molecule has 0 amide bonds. The molecule has 4 nitrogen and oxygen atoms in total. The summed E-state index contributed by atoms with van der Waals surface area (Å²) in [6.07, 6.45) is 1.57. The molecule has 15 heavy (non-hydrogen) atoms. The average molecular weight is 234 g/mol. The summed E-state index contributed by atoms with van der Waals surface area (Å²) < 4.78 is 25.7. The fourth-order valence-electron chi connectivity index (χ4n) is 1.83. The van der Waals surface area contributed by atoms with Crippen molar-refractivity contribution in [3.8, 4) is 0 Å². The van der Waals surface area contributed by atoms with E-state index in [1.165, 1.54) is 0 Å². The molecule has 0 spiro atoms. The first kappa shape index (κ1) is 12.9. The highest BCUT2D eigenvalue weighted by Gasteiger charge is 2.28. The van der Waals surface area contributed by atoms with E-state index in [1.807, 2.05) is 20.8 Å². The number of sulfonamides is 1. The standard InChI is InChI=1S/C10H22N2O2S/c1-4-10(3)12-8-9(2)11-6-5-7-15(12,13)14/h9-11H,4-8H2,1-3H3. The molecule has 1 aliphatic heterocycles. The lowest BCUT2D eigenvalue weighted by Crippen LogP contribution is -2.49. The van der Waals surface area contributed by atoms with E-state index in [0.29, 0.717) is 13.0 Å². The molecule has 1 rings (SSSR count). The maximum absolute atomic E-state index is 12.0. The highest BCUT2D eigenvalue weighted by molar-refractivity contribution is 7.89. The summed E-state index contributed by atoms with van der Waals surface area (Å²) in [4.78, 5) is 0. The van der Waals surface area contributed by atoms with E-state index >= 15 is 0 Å². The van der Waals surface area contributed by atoms with Crippen LogP contribution in [0.5, 0.6) is 0 Å². The van der Waals surface area contributed by atoms with Crippen LogP contribution in [0.1, 0.15) is 33.6 Å². The molecule has 1 fully saturated rings. The van der Waals surface area contributed by atoms with Gasteiger partial charge in [-0.05, 0) is 33.2 Å². The molecular weight excluding hydrogens is 212 g/mol. The molecule has 0 radical (unpaired) electrons. The van der Waals surface area contributed by atoms with Crippen LogP contribution in [0.25, 0.3) is 0 Å². The molecule has 0 bridgehead atoms. The topological polar surface area (TPSA) is 49.4 Å². The van der Waals surface area contributed by atoms with Crippen molar-refractivity contribution in [2.45, 2.75) is 45.7 Å². The van der Waals surface area contributed by atoms with Gasteiger partial charge in [-0.25, -0.2) is 8.42 Å². The predicted octanol–water partition coefficient (Wildman–Crippen LogP) is 0.798. The van der Waals surface area contributed by atoms with Gasteiger partial charge in [0, 0.05) is 18.6 Å². The lowest BCUT2D eigenvalue weighted by Gasteiger charge is -2.32. The van der Waals surface area contributed by atoms with Crippen molar-refractivity contribution in [1.82, 2.24) is 9.62 Å². The van der Waals surface area contributed by atoms with E-state index in [-0.39, 0.29) is 17.8 Å². The molecule has 90 valence electrons. The van der Waals surface area contributed by atoms with E-state index in [1.54, 1.807) is 4.31 Å². The second-order valence-electron chi connectivity index (χ2n) is 4.35. The molecule has 1 saturated heterocycles. The minimum Gasteiger partial charge on any atom is -0.313 e. The fourth-order valence-corrected chi connectivity index (χ4v) is 3.72. The Hall–Kier alpha value is -0.130. The summed E-state index contributed by atoms with van der Waals surface area (Å²) in [5.74, 6) is 0.275. The predicted molar refractivity (Wildman–Crippen MR) is 62.3 cm³/mol. The van der Waals surface area contributed by atoms with Crippen molar-refractivity contribution in [3.63, 3.8) is 0 Å². The van der Waals surface area contributed by atoms with Gasteiger partial charge in [-0.15, -0.1) is 0 Å². The highest BCUT2D eigenvalue weighted by atomic mass is 32.2. The zero-order valence-electron chi connectivity index (χ0n) is 9.86. The summed E-state index contributed by atoms with van der Waals surface area (Å²) in [7, 11) is -3.03. The molecule has 2 unspecified atom stereocenters. The van der Waals surface area contributed by atoms with Gasteiger partial charge in [0.15, 0.2) is 0 Å².